The SMILES string of the molecule is Cc1ccc2[nH]c(=O)c(CN(CCCO)[C@@H](c3nnnn3C[C@@H]3CCCO3)C(C)C)cc2c1. The first-order valence-electron chi connectivity index (χ1n) is 11.8. The molecule has 1 saturated heterocycles. The molecule has 1 aliphatic heterocycles. The van der Waals surface area contributed by atoms with Gasteiger partial charge in [-0.3, -0.25) is 9.69 Å². The van der Waals surface area contributed by atoms with E-state index in [1.54, 1.807) is 0 Å². The molecule has 2 atom stereocenters. The first-order valence-corrected chi connectivity index (χ1v) is 11.8. The number of aryl methyl sites for hydroxylation is 1. The second-order valence-electron chi connectivity index (χ2n) is 9.31. The number of aliphatic hydroxyl groups is 1. The summed E-state index contributed by atoms with van der Waals surface area (Å²) in [5.74, 6) is 0.964. The standard InChI is InChI=1S/C24H34N6O3/c1-16(2)22(23-26-27-28-30(23)15-20-6-4-11-33-20)29(9-5-10-31)14-19-13-18-12-17(3)7-8-21(18)25-24(19)32/h7-8,12-13,16,20,22,31H,4-6,9-11,14-15H2,1-3H3,(H,25,32)/t20-,22+/m0/s1. The summed E-state index contributed by atoms with van der Waals surface area (Å²) >= 11 is 0. The molecule has 1 aromatic carbocycles. The number of hydrogen-bond donors (Lipinski definition) is 2. The van der Waals surface area contributed by atoms with Crippen molar-refractivity contribution in [2.75, 3.05) is 19.8 Å². The Labute approximate surface area is 193 Å². The largest absolute Gasteiger partial charge is 0.396 e. The van der Waals surface area contributed by atoms with Crippen molar-refractivity contribution in [3.05, 3.63) is 51.6 Å². The number of aliphatic hydroxyl groups excluding tert-OH is 1. The van der Waals surface area contributed by atoms with Gasteiger partial charge < -0.3 is 14.8 Å². The number of hydrogen-bond acceptors (Lipinski definition) is 7. The van der Waals surface area contributed by atoms with Crippen LogP contribution in [-0.2, 0) is 17.8 Å². The van der Waals surface area contributed by atoms with E-state index in [0.717, 1.165) is 41.7 Å². The van der Waals surface area contributed by atoms with Crippen molar-refractivity contribution in [3.8, 4) is 0 Å². The van der Waals surface area contributed by atoms with Gasteiger partial charge in [0.2, 0.25) is 0 Å². The molecule has 0 saturated carbocycles. The smallest absolute Gasteiger partial charge is 0.252 e. The molecule has 0 amide bonds. The number of aromatic nitrogens is 5. The Morgan fingerprint density at radius 3 is 2.91 bits per heavy atom. The lowest BCUT2D eigenvalue weighted by molar-refractivity contribution is 0.0851. The molecular weight excluding hydrogens is 420 g/mol. The lowest BCUT2D eigenvalue weighted by Crippen LogP contribution is -2.37. The maximum atomic E-state index is 12.9. The first kappa shape index (κ1) is 23.5. The summed E-state index contributed by atoms with van der Waals surface area (Å²) in [6.07, 6.45) is 2.78. The van der Waals surface area contributed by atoms with Crippen LogP contribution < -0.4 is 5.56 Å². The molecular formula is C24H34N6O3. The zero-order valence-electron chi connectivity index (χ0n) is 19.7. The maximum absolute atomic E-state index is 12.9. The number of nitrogens with zero attached hydrogens (tertiary/aromatic N) is 5. The number of fused-ring (bicyclic) bond motifs is 1. The van der Waals surface area contributed by atoms with Gasteiger partial charge in [0.1, 0.15) is 0 Å². The number of pyridine rings is 1. The third-order valence-corrected chi connectivity index (χ3v) is 6.30. The third-order valence-electron chi connectivity index (χ3n) is 6.30. The van der Waals surface area contributed by atoms with Crippen LogP contribution in [0.15, 0.2) is 29.1 Å². The van der Waals surface area contributed by atoms with Crippen LogP contribution in [-0.4, -0.2) is 61.1 Å². The predicted molar refractivity (Wildman–Crippen MR) is 126 cm³/mol. The second kappa shape index (κ2) is 10.5. The van der Waals surface area contributed by atoms with E-state index in [2.05, 4.69) is 45.3 Å². The molecule has 0 radical (unpaired) electrons. The zero-order chi connectivity index (χ0) is 23.4. The lowest BCUT2D eigenvalue weighted by Gasteiger charge is -2.33. The van der Waals surface area contributed by atoms with Gasteiger partial charge in [0.25, 0.3) is 5.56 Å². The van der Waals surface area contributed by atoms with E-state index in [0.29, 0.717) is 31.6 Å². The van der Waals surface area contributed by atoms with Crippen molar-refractivity contribution in [3.63, 3.8) is 0 Å². The van der Waals surface area contributed by atoms with Crippen molar-refractivity contribution in [1.29, 1.82) is 0 Å². The van der Waals surface area contributed by atoms with Crippen molar-refractivity contribution < 1.29 is 9.84 Å². The average Bonchev–Trinajstić information content (AvgIpc) is 3.45. The Kier molecular flexibility index (Phi) is 7.52. The highest BCUT2D eigenvalue weighted by Gasteiger charge is 2.30. The molecule has 9 heteroatoms. The molecule has 4 rings (SSSR count). The van der Waals surface area contributed by atoms with E-state index >= 15 is 0 Å². The molecule has 0 aliphatic carbocycles. The van der Waals surface area contributed by atoms with Crippen molar-refractivity contribution >= 4 is 10.9 Å². The highest BCUT2D eigenvalue weighted by atomic mass is 16.5. The van der Waals surface area contributed by atoms with Gasteiger partial charge in [-0.1, -0.05) is 25.5 Å². The minimum Gasteiger partial charge on any atom is -0.396 e. The zero-order valence-corrected chi connectivity index (χ0v) is 19.7. The molecule has 33 heavy (non-hydrogen) atoms. The Balaban J connectivity index is 1.66. The van der Waals surface area contributed by atoms with E-state index in [-0.39, 0.29) is 30.2 Å². The molecule has 2 N–H and O–H groups in total. The average molecular weight is 455 g/mol. The van der Waals surface area contributed by atoms with Crippen LogP contribution in [0.25, 0.3) is 10.9 Å². The monoisotopic (exact) mass is 454 g/mol. The van der Waals surface area contributed by atoms with Crippen molar-refractivity contribution in [2.24, 2.45) is 5.92 Å². The van der Waals surface area contributed by atoms with Gasteiger partial charge in [-0.25, -0.2) is 4.68 Å². The molecule has 9 nitrogen and oxygen atoms in total. The summed E-state index contributed by atoms with van der Waals surface area (Å²) in [6.45, 7) is 8.85. The van der Waals surface area contributed by atoms with Crippen LogP contribution in [0.3, 0.4) is 0 Å². The second-order valence-corrected chi connectivity index (χ2v) is 9.31. The number of nitrogens with one attached hydrogen (secondary N) is 1. The van der Waals surface area contributed by atoms with Crippen molar-refractivity contribution in [1.82, 2.24) is 30.1 Å². The van der Waals surface area contributed by atoms with Crippen LogP contribution >= 0.6 is 0 Å². The fourth-order valence-corrected chi connectivity index (χ4v) is 4.72. The Hall–Kier alpha value is -2.62. The molecule has 178 valence electrons. The number of aromatic amines is 1. The van der Waals surface area contributed by atoms with Crippen LogP contribution in [0.2, 0.25) is 0 Å². The quantitative estimate of drug-likeness (QED) is 0.485. The Bertz CT molecular complexity index is 1120. The Morgan fingerprint density at radius 2 is 2.18 bits per heavy atom. The summed E-state index contributed by atoms with van der Waals surface area (Å²) in [6, 6.07) is 7.87. The highest BCUT2D eigenvalue weighted by Crippen LogP contribution is 2.29. The normalized spacial score (nSPS) is 17.5. The summed E-state index contributed by atoms with van der Waals surface area (Å²) in [7, 11) is 0. The lowest BCUT2D eigenvalue weighted by atomic mass is 10.00. The molecule has 1 aliphatic rings. The van der Waals surface area contributed by atoms with Crippen LogP contribution in [0, 0.1) is 12.8 Å². The minimum atomic E-state index is -0.111. The fraction of sp³-hybridized carbons (Fsp3) is 0.583. The number of ether oxygens (including phenoxy) is 1. The van der Waals surface area contributed by atoms with Crippen LogP contribution in [0.1, 0.15) is 56.1 Å². The molecule has 1 fully saturated rings. The number of rotatable bonds is 10. The Morgan fingerprint density at radius 1 is 1.33 bits per heavy atom. The van der Waals surface area contributed by atoms with Gasteiger partial charge in [0.15, 0.2) is 5.82 Å². The van der Waals surface area contributed by atoms with E-state index in [1.165, 1.54) is 0 Å². The summed E-state index contributed by atoms with van der Waals surface area (Å²) < 4.78 is 7.65. The van der Waals surface area contributed by atoms with Crippen molar-refractivity contribution in [2.45, 2.75) is 65.3 Å². The molecule has 0 spiro atoms. The topological polar surface area (TPSA) is 109 Å². The molecule has 0 unspecified atom stereocenters. The minimum absolute atomic E-state index is 0.0788. The van der Waals surface area contributed by atoms with Gasteiger partial charge in [-0.05, 0) is 66.1 Å². The maximum Gasteiger partial charge on any atom is 0.252 e. The van der Waals surface area contributed by atoms with E-state index in [4.69, 9.17) is 4.74 Å². The van der Waals surface area contributed by atoms with Gasteiger partial charge in [-0.15, -0.1) is 5.10 Å². The van der Waals surface area contributed by atoms with Crippen LogP contribution in [0.4, 0.5) is 0 Å². The highest BCUT2D eigenvalue weighted by molar-refractivity contribution is 5.79. The summed E-state index contributed by atoms with van der Waals surface area (Å²) in [4.78, 5) is 18.1. The van der Waals surface area contributed by atoms with Gasteiger partial charge in [-0.2, -0.15) is 0 Å². The predicted octanol–water partition coefficient (Wildman–Crippen LogP) is 2.58. The first-order chi connectivity index (χ1) is 16.0. The van der Waals surface area contributed by atoms with E-state index in [1.807, 2.05) is 29.8 Å². The van der Waals surface area contributed by atoms with E-state index in [9.17, 15) is 9.90 Å². The number of H-pyrrole nitrogens is 1. The molecule has 3 heterocycles. The molecule has 0 bridgehead atoms. The van der Waals surface area contributed by atoms with Crippen LogP contribution in [0.5, 0.6) is 0 Å². The molecule has 2 aromatic heterocycles. The van der Waals surface area contributed by atoms with E-state index < -0.39 is 0 Å². The number of tetrazole rings is 1. The molecule has 3 aromatic rings. The summed E-state index contributed by atoms with van der Waals surface area (Å²) in [5, 5.41) is 23.2. The summed E-state index contributed by atoms with van der Waals surface area (Å²) in [5.41, 5.74) is 2.57. The van der Waals surface area contributed by atoms with Gasteiger partial charge >= 0.3 is 0 Å². The third kappa shape index (κ3) is 5.48. The van der Waals surface area contributed by atoms with Gasteiger partial charge in [0, 0.05) is 37.4 Å². The fourth-order valence-electron chi connectivity index (χ4n) is 4.72. The van der Waals surface area contributed by atoms with Gasteiger partial charge in [0.05, 0.1) is 18.7 Å². The number of benzene rings is 1.